The Labute approximate surface area is 342 Å². The first-order valence-corrected chi connectivity index (χ1v) is 24.1. The molecule has 0 fully saturated rings. The predicted molar refractivity (Wildman–Crippen MR) is 241 cm³/mol. The van der Waals surface area contributed by atoms with Crippen LogP contribution in [-0.2, 0) is 14.3 Å². The van der Waals surface area contributed by atoms with Gasteiger partial charge in [0.05, 0.1) is 0 Å². The van der Waals surface area contributed by atoms with E-state index in [-0.39, 0.29) is 18.5 Å². The molecule has 0 rings (SSSR count). The van der Waals surface area contributed by atoms with Crippen LogP contribution in [0.15, 0.2) is 48.6 Å². The molecule has 0 aliphatic rings. The fraction of sp³-hybridized carbons (Fsp3) is 0.804. The van der Waals surface area contributed by atoms with Gasteiger partial charge in [-0.2, -0.15) is 0 Å². The maximum Gasteiger partial charge on any atom is 0.306 e. The number of hydrogen-bond donors (Lipinski definition) is 1. The lowest BCUT2D eigenvalue weighted by Crippen LogP contribution is -2.18. The Morgan fingerprint density at radius 3 is 1.18 bits per heavy atom. The van der Waals surface area contributed by atoms with Gasteiger partial charge in [0.2, 0.25) is 0 Å². The molecule has 0 amide bonds. The van der Waals surface area contributed by atoms with Gasteiger partial charge in [-0.1, -0.05) is 217 Å². The number of carboxylic acids is 1. The summed E-state index contributed by atoms with van der Waals surface area (Å²) in [5.41, 5.74) is 0. The first-order chi connectivity index (χ1) is 27.1. The lowest BCUT2D eigenvalue weighted by molar-refractivity contribution is -0.150. The lowest BCUT2D eigenvalue weighted by Gasteiger charge is -2.18. The third-order valence-corrected chi connectivity index (χ3v) is 10.8. The Morgan fingerprint density at radius 1 is 0.418 bits per heavy atom. The van der Waals surface area contributed by atoms with Crippen molar-refractivity contribution in [2.45, 2.75) is 264 Å². The minimum Gasteiger partial charge on any atom is -0.481 e. The fourth-order valence-corrected chi connectivity index (χ4v) is 7.30. The second kappa shape index (κ2) is 46.3. The van der Waals surface area contributed by atoms with Gasteiger partial charge >= 0.3 is 11.9 Å². The molecule has 0 aliphatic heterocycles. The number of rotatable bonds is 44. The van der Waals surface area contributed by atoms with Gasteiger partial charge < -0.3 is 9.84 Å². The zero-order valence-electron chi connectivity index (χ0n) is 36.7. The Hall–Kier alpha value is -2.10. The number of carbonyl (C=O) groups is 2. The zero-order chi connectivity index (χ0) is 40.0. The SMILES string of the molecule is CC/C=C\C/C=C\C/C=C\C/C=C\CCCCCCCCCCC(=O)OC(CCCCCCCCCCCCCCCCCC)CCCCCCCC(=O)O. The van der Waals surface area contributed by atoms with Gasteiger partial charge in [0, 0.05) is 12.8 Å². The van der Waals surface area contributed by atoms with E-state index in [4.69, 9.17) is 9.84 Å². The van der Waals surface area contributed by atoms with Crippen molar-refractivity contribution in [2.75, 3.05) is 0 Å². The first kappa shape index (κ1) is 52.9. The van der Waals surface area contributed by atoms with Gasteiger partial charge in [-0.3, -0.25) is 9.59 Å². The highest BCUT2D eigenvalue weighted by Crippen LogP contribution is 2.19. The minimum absolute atomic E-state index is 0.00111. The summed E-state index contributed by atoms with van der Waals surface area (Å²) < 4.78 is 6.05. The van der Waals surface area contributed by atoms with E-state index in [1.54, 1.807) is 0 Å². The minimum atomic E-state index is -0.699. The topological polar surface area (TPSA) is 63.6 Å². The molecule has 0 aromatic heterocycles. The maximum absolute atomic E-state index is 12.8. The molecule has 0 saturated heterocycles. The fourth-order valence-electron chi connectivity index (χ4n) is 7.30. The average molecular weight is 769 g/mol. The second-order valence-corrected chi connectivity index (χ2v) is 16.3. The summed E-state index contributed by atoms with van der Waals surface area (Å²) in [6.07, 6.45) is 63.0. The van der Waals surface area contributed by atoms with Crippen molar-refractivity contribution in [1.82, 2.24) is 0 Å². The van der Waals surface area contributed by atoms with Crippen LogP contribution in [0.1, 0.15) is 258 Å². The molecule has 1 N–H and O–H groups in total. The molecule has 0 heterocycles. The van der Waals surface area contributed by atoms with Crippen molar-refractivity contribution in [2.24, 2.45) is 0 Å². The third-order valence-electron chi connectivity index (χ3n) is 10.8. The number of carbonyl (C=O) groups excluding carboxylic acids is 1. The summed E-state index contributed by atoms with van der Waals surface area (Å²) in [6.45, 7) is 4.46. The number of allylic oxidation sites excluding steroid dienone is 8. The Balaban J connectivity index is 3.98. The van der Waals surface area contributed by atoms with E-state index in [0.717, 1.165) is 89.9 Å². The monoisotopic (exact) mass is 769 g/mol. The van der Waals surface area contributed by atoms with Crippen LogP contribution < -0.4 is 0 Å². The van der Waals surface area contributed by atoms with Gasteiger partial charge in [-0.25, -0.2) is 0 Å². The average Bonchev–Trinajstić information content (AvgIpc) is 3.17. The maximum atomic E-state index is 12.8. The van der Waals surface area contributed by atoms with Gasteiger partial charge in [0.1, 0.15) is 6.10 Å². The first-order valence-electron chi connectivity index (χ1n) is 24.1. The molecule has 0 saturated carbocycles. The molecule has 0 radical (unpaired) electrons. The number of carboxylic acid groups (broad SMARTS) is 1. The quantitative estimate of drug-likeness (QED) is 0.0381. The van der Waals surface area contributed by atoms with Crippen molar-refractivity contribution in [3.8, 4) is 0 Å². The zero-order valence-corrected chi connectivity index (χ0v) is 36.7. The van der Waals surface area contributed by atoms with Gasteiger partial charge in [0.15, 0.2) is 0 Å². The van der Waals surface area contributed by atoms with E-state index in [1.807, 2.05) is 0 Å². The number of unbranched alkanes of at least 4 members (excludes halogenated alkanes) is 27. The predicted octanol–water partition coefficient (Wildman–Crippen LogP) is 17.1. The van der Waals surface area contributed by atoms with Crippen LogP contribution in [0.2, 0.25) is 0 Å². The third kappa shape index (κ3) is 46.2. The highest BCUT2D eigenvalue weighted by Gasteiger charge is 2.14. The summed E-state index contributed by atoms with van der Waals surface area (Å²) in [6, 6.07) is 0. The largest absolute Gasteiger partial charge is 0.481 e. The Kier molecular flexibility index (Phi) is 44.5. The Morgan fingerprint density at radius 2 is 0.764 bits per heavy atom. The molecule has 1 unspecified atom stereocenters. The molecule has 0 aliphatic carbocycles. The standard InChI is InChI=1S/C51H92O4/c1-3-5-7-9-11-13-15-17-19-21-22-23-24-25-27-29-31-33-35-40-44-48-51(54)55-49(46-42-38-36-39-43-47-50(52)53)45-41-37-34-32-30-28-26-20-18-16-14-12-10-8-6-4-2/h5,7,11,13,17,19,22-23,49H,3-4,6,8-10,12,14-16,18,20-21,24-48H2,1-2H3,(H,52,53)/b7-5-,13-11-,19-17-,23-22-. The van der Waals surface area contributed by atoms with Crippen molar-refractivity contribution < 1.29 is 19.4 Å². The van der Waals surface area contributed by atoms with Crippen molar-refractivity contribution in [1.29, 1.82) is 0 Å². The van der Waals surface area contributed by atoms with E-state index in [2.05, 4.69) is 62.5 Å². The second-order valence-electron chi connectivity index (χ2n) is 16.3. The smallest absolute Gasteiger partial charge is 0.306 e. The normalized spacial score (nSPS) is 12.6. The summed E-state index contributed by atoms with van der Waals surface area (Å²) in [4.78, 5) is 23.5. The van der Waals surface area contributed by atoms with Crippen LogP contribution in [-0.4, -0.2) is 23.1 Å². The highest BCUT2D eigenvalue weighted by atomic mass is 16.5. The molecule has 1 atom stereocenters. The summed E-state index contributed by atoms with van der Waals surface area (Å²) >= 11 is 0. The number of hydrogen-bond acceptors (Lipinski definition) is 3. The van der Waals surface area contributed by atoms with Crippen molar-refractivity contribution in [3.63, 3.8) is 0 Å². The number of aliphatic carboxylic acids is 1. The molecule has 0 spiro atoms. The molecule has 0 aromatic rings. The molecular formula is C51H92O4. The van der Waals surface area contributed by atoms with Crippen LogP contribution in [0, 0.1) is 0 Å². The lowest BCUT2D eigenvalue weighted by atomic mass is 10.0. The van der Waals surface area contributed by atoms with Crippen LogP contribution in [0.25, 0.3) is 0 Å². The van der Waals surface area contributed by atoms with Crippen molar-refractivity contribution in [3.05, 3.63) is 48.6 Å². The van der Waals surface area contributed by atoms with E-state index < -0.39 is 5.97 Å². The molecule has 0 bridgehead atoms. The molecule has 0 aromatic carbocycles. The summed E-state index contributed by atoms with van der Waals surface area (Å²) in [7, 11) is 0. The van der Waals surface area contributed by atoms with E-state index in [9.17, 15) is 9.59 Å². The van der Waals surface area contributed by atoms with Gasteiger partial charge in [0.25, 0.3) is 0 Å². The van der Waals surface area contributed by atoms with Crippen LogP contribution in [0.3, 0.4) is 0 Å². The number of ether oxygens (including phenoxy) is 1. The van der Waals surface area contributed by atoms with Gasteiger partial charge in [-0.15, -0.1) is 0 Å². The van der Waals surface area contributed by atoms with Crippen molar-refractivity contribution >= 4 is 11.9 Å². The number of esters is 1. The van der Waals surface area contributed by atoms with E-state index >= 15 is 0 Å². The Bertz CT molecular complexity index is 916. The molecule has 55 heavy (non-hydrogen) atoms. The molecule has 4 nitrogen and oxygen atoms in total. The van der Waals surface area contributed by atoms with Gasteiger partial charge in [-0.05, 0) is 77.0 Å². The molecular weight excluding hydrogens is 677 g/mol. The van der Waals surface area contributed by atoms with Crippen LogP contribution in [0.5, 0.6) is 0 Å². The summed E-state index contributed by atoms with van der Waals surface area (Å²) in [5.74, 6) is -0.700. The van der Waals surface area contributed by atoms with E-state index in [1.165, 1.54) is 141 Å². The molecule has 4 heteroatoms. The van der Waals surface area contributed by atoms with Crippen LogP contribution in [0.4, 0.5) is 0 Å². The van der Waals surface area contributed by atoms with E-state index in [0.29, 0.717) is 6.42 Å². The summed E-state index contributed by atoms with van der Waals surface area (Å²) in [5, 5.41) is 8.86. The highest BCUT2D eigenvalue weighted by molar-refractivity contribution is 5.69. The molecule has 320 valence electrons. The van der Waals surface area contributed by atoms with Crippen LogP contribution >= 0.6 is 0 Å².